The molecule has 1 fully saturated rings. The predicted octanol–water partition coefficient (Wildman–Crippen LogP) is 1.87. The second-order valence-corrected chi connectivity index (χ2v) is 11.9. The van der Waals surface area contributed by atoms with Gasteiger partial charge >= 0.3 is 0 Å². The van der Waals surface area contributed by atoms with E-state index in [4.69, 9.17) is 10.2 Å². The zero-order valence-corrected chi connectivity index (χ0v) is 24.4. The van der Waals surface area contributed by atoms with Gasteiger partial charge in [0.15, 0.2) is 22.6 Å². The molecular formula is C27H30F2N10O3S. The number of fused-ring (bicyclic) bond motifs is 3. The first-order valence-corrected chi connectivity index (χ1v) is 15.3. The summed E-state index contributed by atoms with van der Waals surface area (Å²) in [6, 6.07) is 5.54. The van der Waals surface area contributed by atoms with Crippen LogP contribution >= 0.6 is 0 Å². The van der Waals surface area contributed by atoms with Crippen LogP contribution in [0.1, 0.15) is 10.4 Å². The Kier molecular flexibility index (Phi) is 7.89. The van der Waals surface area contributed by atoms with Crippen LogP contribution in [0.25, 0.3) is 28.4 Å². The van der Waals surface area contributed by atoms with Gasteiger partial charge in [0.05, 0.1) is 36.6 Å². The molecule has 1 aliphatic rings. The minimum absolute atomic E-state index is 0.175. The van der Waals surface area contributed by atoms with Crippen molar-refractivity contribution < 1.29 is 22.5 Å². The number of furan rings is 1. The number of hydrogen-bond acceptors (Lipinski definition) is 10. The molecule has 5 aromatic rings. The fraction of sp³-hybridized carbons (Fsp3) is 0.370. The molecule has 2 N–H and O–H groups in total. The summed E-state index contributed by atoms with van der Waals surface area (Å²) in [5.74, 6) is -0.875. The van der Waals surface area contributed by atoms with Gasteiger partial charge in [0.25, 0.3) is 5.91 Å². The molecule has 1 saturated heterocycles. The Morgan fingerprint density at radius 3 is 2.65 bits per heavy atom. The maximum Gasteiger partial charge on any atom is 0.256 e. The smallest absolute Gasteiger partial charge is 0.256 e. The third-order valence-corrected chi connectivity index (χ3v) is 8.26. The highest BCUT2D eigenvalue weighted by Crippen LogP contribution is 2.26. The van der Waals surface area contributed by atoms with Gasteiger partial charge < -0.3 is 29.1 Å². The van der Waals surface area contributed by atoms with Gasteiger partial charge in [-0.25, -0.2) is 18.7 Å². The Balaban J connectivity index is 1.11. The van der Waals surface area contributed by atoms with Crippen molar-refractivity contribution in [2.75, 3.05) is 69.0 Å². The zero-order chi connectivity index (χ0) is 30.2. The second-order valence-electron chi connectivity index (χ2n) is 10.3. The number of piperazine rings is 1. The summed E-state index contributed by atoms with van der Waals surface area (Å²) in [6.07, 6.45) is 4.77. The van der Waals surface area contributed by atoms with Crippen molar-refractivity contribution in [3.05, 3.63) is 54.1 Å². The number of imidazole rings is 1. The van der Waals surface area contributed by atoms with E-state index >= 15 is 0 Å². The molecule has 0 spiro atoms. The van der Waals surface area contributed by atoms with E-state index in [0.29, 0.717) is 67.7 Å². The van der Waals surface area contributed by atoms with Crippen molar-refractivity contribution in [2.45, 2.75) is 6.54 Å². The van der Waals surface area contributed by atoms with Crippen molar-refractivity contribution in [3.8, 4) is 11.6 Å². The SMILES string of the molecule is CN(CC[S+](C)[O-])C(=O)c1cc(N2CCN(CCn3cnc4c3nc(N)n3nc(-c5ccco5)nc43)CC2)c(F)cc1F. The molecule has 1 amide bonds. The molecule has 0 radical (unpaired) electrons. The summed E-state index contributed by atoms with van der Waals surface area (Å²) in [5, 5.41) is 4.40. The maximum atomic E-state index is 14.8. The van der Waals surface area contributed by atoms with E-state index in [0.717, 1.165) is 6.07 Å². The minimum atomic E-state index is -1.09. The van der Waals surface area contributed by atoms with Gasteiger partial charge in [-0.3, -0.25) is 9.69 Å². The average Bonchev–Trinajstić information content (AvgIpc) is 3.75. The lowest BCUT2D eigenvalue weighted by Crippen LogP contribution is -2.47. The maximum absolute atomic E-state index is 14.8. The molecule has 1 unspecified atom stereocenters. The number of nitrogen functional groups attached to an aromatic ring is 1. The first-order valence-electron chi connectivity index (χ1n) is 13.6. The topological polar surface area (TPSA) is 150 Å². The molecule has 1 aliphatic heterocycles. The first-order chi connectivity index (χ1) is 20.7. The summed E-state index contributed by atoms with van der Waals surface area (Å²) in [5.41, 5.74) is 7.80. The number of halogens is 2. The summed E-state index contributed by atoms with van der Waals surface area (Å²) in [7, 11) is 1.51. The van der Waals surface area contributed by atoms with Crippen molar-refractivity contribution in [1.82, 2.24) is 38.9 Å². The molecule has 226 valence electrons. The Hall–Kier alpha value is -4.28. The molecule has 1 atom stereocenters. The number of rotatable bonds is 9. The number of anilines is 2. The summed E-state index contributed by atoms with van der Waals surface area (Å²) < 4.78 is 49.6. The summed E-state index contributed by atoms with van der Waals surface area (Å²) >= 11 is -1.09. The van der Waals surface area contributed by atoms with Crippen LogP contribution in [-0.4, -0.2) is 108 Å². The minimum Gasteiger partial charge on any atom is -0.617 e. The van der Waals surface area contributed by atoms with Crippen molar-refractivity contribution in [1.29, 1.82) is 0 Å². The van der Waals surface area contributed by atoms with Crippen LogP contribution in [0.4, 0.5) is 20.4 Å². The zero-order valence-electron chi connectivity index (χ0n) is 23.6. The standard InChI is InChI=1S/C27H30F2N10O3S/c1-35(11-13-43(2)41)26(40)17-14-20(19(29)15-18(17)28)37-8-5-36(6-9-37)7-10-38-16-31-22-24(38)33-27(30)39-25(22)32-23(34-39)21-4-3-12-42-21/h3-4,12,14-16H,5-11,13H2,1-2H3,(H2,30,33). The van der Waals surface area contributed by atoms with Crippen LogP contribution in [0.15, 0.2) is 41.3 Å². The van der Waals surface area contributed by atoms with Crippen LogP contribution in [-0.2, 0) is 17.7 Å². The van der Waals surface area contributed by atoms with Crippen LogP contribution in [0.2, 0.25) is 0 Å². The molecule has 1 aromatic carbocycles. The summed E-state index contributed by atoms with van der Waals surface area (Å²) in [4.78, 5) is 31.7. The van der Waals surface area contributed by atoms with Crippen LogP contribution in [0, 0.1) is 11.6 Å². The first kappa shape index (κ1) is 28.8. The van der Waals surface area contributed by atoms with E-state index in [1.54, 1.807) is 24.7 Å². The molecule has 43 heavy (non-hydrogen) atoms. The normalized spacial score (nSPS) is 15.0. The van der Waals surface area contributed by atoms with E-state index < -0.39 is 28.7 Å². The third kappa shape index (κ3) is 5.72. The van der Waals surface area contributed by atoms with Gasteiger partial charge in [0.1, 0.15) is 17.4 Å². The van der Waals surface area contributed by atoms with Crippen LogP contribution < -0.4 is 10.6 Å². The van der Waals surface area contributed by atoms with Crippen LogP contribution in [0.3, 0.4) is 0 Å². The fourth-order valence-electron chi connectivity index (χ4n) is 5.08. The molecule has 6 rings (SSSR count). The molecule has 0 aliphatic carbocycles. The number of hydrogen-bond donors (Lipinski definition) is 1. The van der Waals surface area contributed by atoms with E-state index in [9.17, 15) is 18.1 Å². The molecular weight excluding hydrogens is 582 g/mol. The van der Waals surface area contributed by atoms with Crippen molar-refractivity contribution >= 4 is 45.5 Å². The average molecular weight is 613 g/mol. The highest BCUT2D eigenvalue weighted by molar-refractivity contribution is 7.90. The number of amides is 1. The molecule has 0 bridgehead atoms. The summed E-state index contributed by atoms with van der Waals surface area (Å²) in [6.45, 7) is 3.71. The van der Waals surface area contributed by atoms with Gasteiger partial charge in [-0.2, -0.15) is 9.50 Å². The number of aromatic nitrogens is 6. The lowest BCUT2D eigenvalue weighted by molar-refractivity contribution is 0.0798. The van der Waals surface area contributed by atoms with Gasteiger partial charge in [-0.15, -0.1) is 5.10 Å². The van der Waals surface area contributed by atoms with Gasteiger partial charge in [0.2, 0.25) is 11.8 Å². The third-order valence-electron chi connectivity index (χ3n) is 7.51. The fourth-order valence-corrected chi connectivity index (χ4v) is 5.61. The second kappa shape index (κ2) is 11.8. The number of carbonyl (C=O) groups excluding carboxylic acids is 1. The monoisotopic (exact) mass is 612 g/mol. The van der Waals surface area contributed by atoms with E-state index in [1.165, 1.54) is 28.8 Å². The molecule has 13 nitrogen and oxygen atoms in total. The van der Waals surface area contributed by atoms with E-state index in [1.807, 2.05) is 9.47 Å². The molecule has 4 aromatic heterocycles. The van der Waals surface area contributed by atoms with Crippen LogP contribution in [0.5, 0.6) is 0 Å². The lowest BCUT2D eigenvalue weighted by atomic mass is 10.1. The number of nitrogens with zero attached hydrogens (tertiary/aromatic N) is 9. The van der Waals surface area contributed by atoms with Gasteiger partial charge in [-0.1, -0.05) is 11.2 Å². The number of nitrogens with two attached hydrogens (primary N) is 1. The highest BCUT2D eigenvalue weighted by Gasteiger charge is 2.25. The Labute approximate surface area is 248 Å². The highest BCUT2D eigenvalue weighted by atomic mass is 32.2. The van der Waals surface area contributed by atoms with Crippen molar-refractivity contribution in [2.24, 2.45) is 0 Å². The quantitative estimate of drug-likeness (QED) is 0.245. The van der Waals surface area contributed by atoms with Crippen molar-refractivity contribution in [3.63, 3.8) is 0 Å². The molecule has 5 heterocycles. The predicted molar refractivity (Wildman–Crippen MR) is 157 cm³/mol. The number of carbonyl (C=O) groups is 1. The number of benzene rings is 1. The Morgan fingerprint density at radius 2 is 1.93 bits per heavy atom. The molecule has 0 saturated carbocycles. The van der Waals surface area contributed by atoms with Gasteiger partial charge in [-0.05, 0) is 18.2 Å². The van der Waals surface area contributed by atoms with E-state index in [2.05, 4.69) is 25.0 Å². The van der Waals surface area contributed by atoms with E-state index in [-0.39, 0.29) is 29.5 Å². The Bertz CT molecular complexity index is 1770. The van der Waals surface area contributed by atoms with Gasteiger partial charge in [0, 0.05) is 52.4 Å². The Morgan fingerprint density at radius 1 is 1.14 bits per heavy atom. The molecule has 16 heteroatoms. The lowest BCUT2D eigenvalue weighted by Gasteiger charge is -2.36. The largest absolute Gasteiger partial charge is 0.617 e.